The number of carbonyl (C=O) groups is 2. The maximum Gasteiger partial charge on any atom is 0.278 e. The number of amides is 2. The van der Waals surface area contributed by atoms with E-state index in [1.54, 1.807) is 56.5 Å². The van der Waals surface area contributed by atoms with Crippen molar-refractivity contribution in [3.05, 3.63) is 53.7 Å². The second-order valence-corrected chi connectivity index (χ2v) is 6.49. The van der Waals surface area contributed by atoms with Crippen LogP contribution in [0.5, 0.6) is 17.2 Å². The largest absolute Gasteiger partial charge is 0.497 e. The van der Waals surface area contributed by atoms with E-state index in [-0.39, 0.29) is 24.1 Å². The fourth-order valence-electron chi connectivity index (χ4n) is 3.28. The van der Waals surface area contributed by atoms with Gasteiger partial charge in [0.25, 0.3) is 11.8 Å². The lowest BCUT2D eigenvalue weighted by molar-refractivity contribution is -0.136. The number of likely N-dealkylation sites (N-methyl/N-ethyl adjacent to an activating group) is 1. The van der Waals surface area contributed by atoms with Gasteiger partial charge in [-0.3, -0.25) is 14.5 Å². The van der Waals surface area contributed by atoms with Gasteiger partial charge in [0.2, 0.25) is 0 Å². The molecule has 1 aliphatic heterocycles. The molecule has 0 aromatic heterocycles. The summed E-state index contributed by atoms with van der Waals surface area (Å²) >= 11 is 0. The summed E-state index contributed by atoms with van der Waals surface area (Å²) in [5, 5.41) is 3.13. The predicted molar refractivity (Wildman–Crippen MR) is 115 cm³/mol. The normalized spacial score (nSPS) is 13.7. The lowest BCUT2D eigenvalue weighted by Gasteiger charge is -2.14. The van der Waals surface area contributed by atoms with Crippen molar-refractivity contribution < 1.29 is 23.8 Å². The Morgan fingerprint density at radius 1 is 0.867 bits per heavy atom. The maximum atomic E-state index is 12.9. The molecule has 1 heterocycles. The molecule has 0 aliphatic carbocycles. The first-order valence-corrected chi connectivity index (χ1v) is 9.95. The van der Waals surface area contributed by atoms with Crippen LogP contribution < -0.4 is 19.5 Å². The molecule has 2 aromatic rings. The summed E-state index contributed by atoms with van der Waals surface area (Å²) in [5.41, 5.74) is 1.83. The molecule has 1 N–H and O–H groups in total. The Morgan fingerprint density at radius 2 is 1.53 bits per heavy atom. The number of nitrogens with zero attached hydrogens (tertiary/aromatic N) is 1. The molecule has 0 fully saturated rings. The van der Waals surface area contributed by atoms with Crippen molar-refractivity contribution in [1.29, 1.82) is 0 Å². The van der Waals surface area contributed by atoms with E-state index in [0.717, 1.165) is 0 Å². The first kappa shape index (κ1) is 21.2. The van der Waals surface area contributed by atoms with Gasteiger partial charge in [-0.1, -0.05) is 12.1 Å². The van der Waals surface area contributed by atoms with E-state index < -0.39 is 0 Å². The fraction of sp³-hybridized carbons (Fsp3) is 0.304. The van der Waals surface area contributed by atoms with Crippen LogP contribution in [-0.4, -0.2) is 43.6 Å². The number of hydrogen-bond acceptors (Lipinski definition) is 6. The molecule has 3 rings (SSSR count). The van der Waals surface area contributed by atoms with Gasteiger partial charge in [-0.25, -0.2) is 0 Å². The van der Waals surface area contributed by atoms with Gasteiger partial charge in [0.1, 0.15) is 11.4 Å². The number of imide groups is 1. The second-order valence-electron chi connectivity index (χ2n) is 6.49. The SMILES string of the molecule is CCOc1ccc(NC2=C(c3ccc(OC)cc3)C(=O)N(CC)C2=O)cc1OCC. The Bertz CT molecular complexity index is 966. The van der Waals surface area contributed by atoms with Crippen molar-refractivity contribution in [1.82, 2.24) is 4.90 Å². The van der Waals surface area contributed by atoms with Crippen LogP contribution in [0.3, 0.4) is 0 Å². The standard InChI is InChI=1S/C23H26N2O5/c1-5-25-22(26)20(15-8-11-17(28-4)12-9-15)21(23(25)27)24-16-10-13-18(29-6-2)19(14-16)30-7-3/h8-14,24H,5-7H2,1-4H3. The highest BCUT2D eigenvalue weighted by atomic mass is 16.5. The number of ether oxygens (including phenoxy) is 3. The molecule has 0 radical (unpaired) electrons. The number of hydrogen-bond donors (Lipinski definition) is 1. The van der Waals surface area contributed by atoms with Gasteiger partial charge in [-0.05, 0) is 50.6 Å². The number of methoxy groups -OCH3 is 1. The quantitative estimate of drug-likeness (QED) is 0.635. The highest BCUT2D eigenvalue weighted by Crippen LogP contribution is 2.34. The summed E-state index contributed by atoms with van der Waals surface area (Å²) in [6, 6.07) is 12.4. The molecule has 0 spiro atoms. The summed E-state index contributed by atoms with van der Waals surface area (Å²) < 4.78 is 16.5. The highest BCUT2D eigenvalue weighted by molar-refractivity contribution is 6.36. The van der Waals surface area contributed by atoms with Gasteiger partial charge < -0.3 is 19.5 Å². The average Bonchev–Trinajstić information content (AvgIpc) is 2.99. The fourth-order valence-corrected chi connectivity index (χ4v) is 3.28. The number of benzene rings is 2. The molecule has 158 valence electrons. The zero-order valence-corrected chi connectivity index (χ0v) is 17.7. The van der Waals surface area contributed by atoms with Crippen molar-refractivity contribution in [2.45, 2.75) is 20.8 Å². The smallest absolute Gasteiger partial charge is 0.278 e. The van der Waals surface area contributed by atoms with Crippen LogP contribution in [-0.2, 0) is 9.59 Å². The monoisotopic (exact) mass is 410 g/mol. The van der Waals surface area contributed by atoms with E-state index in [1.807, 2.05) is 13.8 Å². The zero-order chi connectivity index (χ0) is 21.7. The zero-order valence-electron chi connectivity index (χ0n) is 17.7. The Hall–Kier alpha value is -3.48. The molecule has 7 heteroatoms. The van der Waals surface area contributed by atoms with E-state index in [0.29, 0.717) is 47.3 Å². The molecule has 1 aliphatic rings. The lowest BCUT2D eigenvalue weighted by atomic mass is 10.0. The van der Waals surface area contributed by atoms with Crippen LogP contribution in [0.1, 0.15) is 26.3 Å². The van der Waals surface area contributed by atoms with Gasteiger partial charge >= 0.3 is 0 Å². The molecule has 30 heavy (non-hydrogen) atoms. The first-order chi connectivity index (χ1) is 14.5. The predicted octanol–water partition coefficient (Wildman–Crippen LogP) is 3.70. The van der Waals surface area contributed by atoms with E-state index in [9.17, 15) is 9.59 Å². The molecular formula is C23H26N2O5. The van der Waals surface area contributed by atoms with Crippen molar-refractivity contribution in [3.63, 3.8) is 0 Å². The van der Waals surface area contributed by atoms with Gasteiger partial charge in [0.15, 0.2) is 11.5 Å². The van der Waals surface area contributed by atoms with Crippen molar-refractivity contribution >= 4 is 23.1 Å². The minimum atomic E-state index is -0.361. The van der Waals surface area contributed by atoms with Crippen molar-refractivity contribution in [3.8, 4) is 17.2 Å². The minimum absolute atomic E-state index is 0.235. The van der Waals surface area contributed by atoms with Gasteiger partial charge in [-0.15, -0.1) is 0 Å². The summed E-state index contributed by atoms with van der Waals surface area (Å²) in [4.78, 5) is 27.1. The minimum Gasteiger partial charge on any atom is -0.497 e. The molecule has 0 saturated heterocycles. The third-order valence-electron chi connectivity index (χ3n) is 4.68. The first-order valence-electron chi connectivity index (χ1n) is 9.95. The third kappa shape index (κ3) is 4.10. The number of carbonyl (C=O) groups excluding carboxylic acids is 2. The Morgan fingerprint density at radius 3 is 2.13 bits per heavy atom. The third-order valence-corrected chi connectivity index (χ3v) is 4.68. The Labute approximate surface area is 176 Å². The summed E-state index contributed by atoms with van der Waals surface area (Å²) in [5.74, 6) is 1.18. The molecule has 2 amide bonds. The number of nitrogens with one attached hydrogen (secondary N) is 1. The van der Waals surface area contributed by atoms with Crippen LogP contribution in [0.15, 0.2) is 48.2 Å². The van der Waals surface area contributed by atoms with Crippen molar-refractivity contribution in [2.75, 3.05) is 32.2 Å². The van der Waals surface area contributed by atoms with E-state index in [4.69, 9.17) is 14.2 Å². The van der Waals surface area contributed by atoms with Crippen LogP contribution in [0.4, 0.5) is 5.69 Å². The molecule has 0 atom stereocenters. The number of anilines is 1. The van der Waals surface area contributed by atoms with E-state index >= 15 is 0 Å². The lowest BCUT2D eigenvalue weighted by Crippen LogP contribution is -2.32. The highest BCUT2D eigenvalue weighted by Gasteiger charge is 2.38. The Kier molecular flexibility index (Phi) is 6.61. The summed E-state index contributed by atoms with van der Waals surface area (Å²) in [6.07, 6.45) is 0. The van der Waals surface area contributed by atoms with Crippen LogP contribution >= 0.6 is 0 Å². The topological polar surface area (TPSA) is 77.1 Å². The molecular weight excluding hydrogens is 384 g/mol. The Balaban J connectivity index is 2.03. The van der Waals surface area contributed by atoms with Gasteiger partial charge in [0.05, 0.1) is 25.9 Å². The molecule has 0 unspecified atom stereocenters. The molecule has 0 bridgehead atoms. The maximum absolute atomic E-state index is 12.9. The average molecular weight is 410 g/mol. The van der Waals surface area contributed by atoms with E-state index in [1.165, 1.54) is 4.90 Å². The van der Waals surface area contributed by atoms with Crippen LogP contribution in [0, 0.1) is 0 Å². The molecule has 7 nitrogen and oxygen atoms in total. The second kappa shape index (κ2) is 9.35. The summed E-state index contributed by atoms with van der Waals surface area (Å²) in [6.45, 7) is 6.83. The van der Waals surface area contributed by atoms with Gasteiger partial charge in [0, 0.05) is 18.3 Å². The van der Waals surface area contributed by atoms with E-state index in [2.05, 4.69) is 5.32 Å². The van der Waals surface area contributed by atoms with Crippen molar-refractivity contribution in [2.24, 2.45) is 0 Å². The molecule has 0 saturated carbocycles. The summed E-state index contributed by atoms with van der Waals surface area (Å²) in [7, 11) is 1.58. The van der Waals surface area contributed by atoms with Crippen LogP contribution in [0.2, 0.25) is 0 Å². The van der Waals surface area contributed by atoms with Crippen LogP contribution in [0.25, 0.3) is 5.57 Å². The molecule has 2 aromatic carbocycles. The van der Waals surface area contributed by atoms with Gasteiger partial charge in [-0.2, -0.15) is 0 Å². The number of rotatable bonds is 9.